The highest BCUT2D eigenvalue weighted by molar-refractivity contribution is 7.92. The van der Waals surface area contributed by atoms with Crippen LogP contribution in [-0.2, 0) is 26.2 Å². The van der Waals surface area contributed by atoms with Gasteiger partial charge in [0.15, 0.2) is 0 Å². The van der Waals surface area contributed by atoms with Gasteiger partial charge < -0.3 is 15.0 Å². The number of ether oxygens (including phenoxy) is 1. The van der Waals surface area contributed by atoms with E-state index < -0.39 is 34.4 Å². The number of methoxy groups -OCH3 is 1. The molecule has 0 aliphatic heterocycles. The molecular formula is C26H27Cl2N3O5S. The lowest BCUT2D eigenvalue weighted by Gasteiger charge is -2.32. The molecule has 196 valence electrons. The van der Waals surface area contributed by atoms with E-state index in [1.807, 2.05) is 0 Å². The first-order chi connectivity index (χ1) is 17.6. The van der Waals surface area contributed by atoms with Crippen LogP contribution < -0.4 is 14.4 Å². The lowest BCUT2D eigenvalue weighted by Crippen LogP contribution is -2.50. The van der Waals surface area contributed by atoms with E-state index in [2.05, 4.69) is 5.32 Å². The lowest BCUT2D eigenvalue weighted by atomic mass is 10.1. The molecular weight excluding hydrogens is 537 g/mol. The van der Waals surface area contributed by atoms with Crippen molar-refractivity contribution < 1.29 is 22.7 Å². The summed E-state index contributed by atoms with van der Waals surface area (Å²) in [4.78, 5) is 27.6. The summed E-state index contributed by atoms with van der Waals surface area (Å²) < 4.78 is 33.9. The van der Waals surface area contributed by atoms with Crippen LogP contribution in [0.25, 0.3) is 0 Å². The minimum atomic E-state index is -4.19. The van der Waals surface area contributed by atoms with Gasteiger partial charge in [-0.2, -0.15) is 0 Å². The minimum Gasteiger partial charge on any atom is -0.495 e. The fourth-order valence-corrected chi connectivity index (χ4v) is 5.46. The van der Waals surface area contributed by atoms with E-state index in [-0.39, 0.29) is 22.9 Å². The molecule has 1 atom stereocenters. The zero-order valence-electron chi connectivity index (χ0n) is 20.5. The minimum absolute atomic E-state index is 0.00379. The molecule has 0 heterocycles. The van der Waals surface area contributed by atoms with Gasteiger partial charge in [0.1, 0.15) is 18.3 Å². The smallest absolute Gasteiger partial charge is 0.264 e. The number of sulfonamides is 1. The average Bonchev–Trinajstić information content (AvgIpc) is 2.91. The van der Waals surface area contributed by atoms with Gasteiger partial charge in [0, 0.05) is 13.6 Å². The maximum absolute atomic E-state index is 13.8. The summed E-state index contributed by atoms with van der Waals surface area (Å²) in [5.74, 6) is -0.749. The van der Waals surface area contributed by atoms with Crippen molar-refractivity contribution in [3.8, 4) is 5.75 Å². The summed E-state index contributed by atoms with van der Waals surface area (Å²) in [6, 6.07) is 18.2. The average molecular weight is 564 g/mol. The van der Waals surface area contributed by atoms with Crippen molar-refractivity contribution in [2.75, 3.05) is 25.0 Å². The summed E-state index contributed by atoms with van der Waals surface area (Å²) in [7, 11) is -1.31. The van der Waals surface area contributed by atoms with Crippen molar-refractivity contribution in [3.63, 3.8) is 0 Å². The van der Waals surface area contributed by atoms with Gasteiger partial charge in [-0.25, -0.2) is 8.42 Å². The number of halogens is 2. The molecule has 11 heteroatoms. The van der Waals surface area contributed by atoms with Gasteiger partial charge in [0.05, 0.1) is 27.7 Å². The van der Waals surface area contributed by atoms with Crippen LogP contribution in [0.15, 0.2) is 77.7 Å². The Bertz CT molecular complexity index is 1370. The number of benzene rings is 3. The number of carbonyl (C=O) groups is 2. The molecule has 3 aromatic carbocycles. The van der Waals surface area contributed by atoms with Gasteiger partial charge in [-0.1, -0.05) is 59.6 Å². The van der Waals surface area contributed by atoms with E-state index in [1.54, 1.807) is 67.6 Å². The van der Waals surface area contributed by atoms with Crippen molar-refractivity contribution in [1.29, 1.82) is 0 Å². The second kappa shape index (κ2) is 12.3. The van der Waals surface area contributed by atoms with Crippen LogP contribution in [0.1, 0.15) is 12.5 Å². The van der Waals surface area contributed by atoms with Gasteiger partial charge in [-0.15, -0.1) is 0 Å². The van der Waals surface area contributed by atoms with Crippen molar-refractivity contribution in [2.45, 2.75) is 24.4 Å². The zero-order valence-corrected chi connectivity index (χ0v) is 22.8. The fraction of sp³-hybridized carbons (Fsp3) is 0.231. The number of amides is 2. The van der Waals surface area contributed by atoms with Crippen molar-refractivity contribution >= 4 is 50.7 Å². The summed E-state index contributed by atoms with van der Waals surface area (Å²) in [6.45, 7) is 0.975. The number of hydrogen-bond acceptors (Lipinski definition) is 5. The third kappa shape index (κ3) is 6.54. The predicted octanol–water partition coefficient (Wildman–Crippen LogP) is 4.36. The Balaban J connectivity index is 2.07. The topological polar surface area (TPSA) is 96.0 Å². The largest absolute Gasteiger partial charge is 0.495 e. The number of hydrogen-bond donors (Lipinski definition) is 1. The fourth-order valence-electron chi connectivity index (χ4n) is 3.70. The third-order valence-electron chi connectivity index (χ3n) is 5.71. The normalized spacial score (nSPS) is 11.9. The third-order valence-corrected chi connectivity index (χ3v) is 8.23. The molecule has 0 saturated heterocycles. The Morgan fingerprint density at radius 1 is 0.973 bits per heavy atom. The summed E-state index contributed by atoms with van der Waals surface area (Å²) in [5.41, 5.74) is 0.803. The predicted molar refractivity (Wildman–Crippen MR) is 145 cm³/mol. The Morgan fingerprint density at radius 2 is 1.62 bits per heavy atom. The highest BCUT2D eigenvalue weighted by Gasteiger charge is 2.33. The van der Waals surface area contributed by atoms with Gasteiger partial charge in [0.2, 0.25) is 11.8 Å². The van der Waals surface area contributed by atoms with Gasteiger partial charge in [0.25, 0.3) is 10.0 Å². The van der Waals surface area contributed by atoms with Gasteiger partial charge in [-0.3, -0.25) is 13.9 Å². The molecule has 0 bridgehead atoms. The molecule has 0 aliphatic rings. The van der Waals surface area contributed by atoms with Crippen molar-refractivity contribution in [2.24, 2.45) is 0 Å². The van der Waals surface area contributed by atoms with Crippen LogP contribution in [0.3, 0.4) is 0 Å². The first-order valence-electron chi connectivity index (χ1n) is 11.3. The first kappa shape index (κ1) is 28.3. The van der Waals surface area contributed by atoms with E-state index in [4.69, 9.17) is 27.9 Å². The highest BCUT2D eigenvalue weighted by Crippen LogP contribution is 2.32. The summed E-state index contributed by atoms with van der Waals surface area (Å²) >= 11 is 12.2. The van der Waals surface area contributed by atoms with E-state index >= 15 is 0 Å². The maximum Gasteiger partial charge on any atom is 0.264 e. The quantitative estimate of drug-likeness (QED) is 0.395. The zero-order chi connectivity index (χ0) is 27.2. The standard InChI is InChI=1S/C26H27Cl2N3O5S/c1-18(26(33)29-2)30(16-19-13-14-21(27)22(28)15-19)25(32)17-31(23-11-7-8-12-24(23)36-3)37(34,35)20-9-5-4-6-10-20/h4-15,18H,16-17H2,1-3H3,(H,29,33)/t18-/m0/s1. The number of para-hydroxylation sites is 2. The molecule has 3 aromatic rings. The number of anilines is 1. The number of rotatable bonds is 10. The maximum atomic E-state index is 13.8. The molecule has 1 N–H and O–H groups in total. The van der Waals surface area contributed by atoms with E-state index in [9.17, 15) is 18.0 Å². The number of nitrogens with zero attached hydrogens (tertiary/aromatic N) is 2. The first-order valence-corrected chi connectivity index (χ1v) is 13.5. The molecule has 0 aliphatic carbocycles. The molecule has 0 radical (unpaired) electrons. The van der Waals surface area contributed by atoms with Gasteiger partial charge in [-0.05, 0) is 48.9 Å². The van der Waals surface area contributed by atoms with Crippen LogP contribution in [0.2, 0.25) is 10.0 Å². The molecule has 0 unspecified atom stereocenters. The Labute approximate surface area is 226 Å². The van der Waals surface area contributed by atoms with Crippen molar-refractivity contribution in [1.82, 2.24) is 10.2 Å². The van der Waals surface area contributed by atoms with Crippen molar-refractivity contribution in [3.05, 3.63) is 88.4 Å². The Kier molecular flexibility index (Phi) is 9.42. The molecule has 2 amide bonds. The SMILES string of the molecule is CNC(=O)[C@H](C)N(Cc1ccc(Cl)c(Cl)c1)C(=O)CN(c1ccccc1OC)S(=O)(=O)c1ccccc1. The highest BCUT2D eigenvalue weighted by atomic mass is 35.5. The molecule has 8 nitrogen and oxygen atoms in total. The molecule has 37 heavy (non-hydrogen) atoms. The molecule has 0 saturated carbocycles. The Morgan fingerprint density at radius 3 is 2.24 bits per heavy atom. The molecule has 0 spiro atoms. The van der Waals surface area contributed by atoms with E-state index in [0.29, 0.717) is 15.6 Å². The second-order valence-electron chi connectivity index (χ2n) is 8.06. The lowest BCUT2D eigenvalue weighted by molar-refractivity contribution is -0.139. The van der Waals surface area contributed by atoms with E-state index in [0.717, 1.165) is 4.31 Å². The van der Waals surface area contributed by atoms with E-state index in [1.165, 1.54) is 31.2 Å². The summed E-state index contributed by atoms with van der Waals surface area (Å²) in [6.07, 6.45) is 0. The second-order valence-corrected chi connectivity index (χ2v) is 10.7. The summed E-state index contributed by atoms with van der Waals surface area (Å²) in [5, 5.41) is 3.17. The molecule has 0 aromatic heterocycles. The number of nitrogens with one attached hydrogen (secondary N) is 1. The van der Waals surface area contributed by atoms with Crippen LogP contribution in [0.4, 0.5) is 5.69 Å². The number of carbonyl (C=O) groups excluding carboxylic acids is 2. The number of likely N-dealkylation sites (N-methyl/N-ethyl adjacent to an activating group) is 1. The Hall–Kier alpha value is -3.27. The van der Waals surface area contributed by atoms with Gasteiger partial charge >= 0.3 is 0 Å². The van der Waals surface area contributed by atoms with Crippen LogP contribution >= 0.6 is 23.2 Å². The monoisotopic (exact) mass is 563 g/mol. The van der Waals surface area contributed by atoms with Crippen LogP contribution in [-0.4, -0.2) is 51.9 Å². The molecule has 3 rings (SSSR count). The molecule has 0 fully saturated rings. The van der Waals surface area contributed by atoms with Crippen LogP contribution in [0, 0.1) is 0 Å². The van der Waals surface area contributed by atoms with Crippen LogP contribution in [0.5, 0.6) is 5.75 Å².